The highest BCUT2D eigenvalue weighted by atomic mass is 19.4. The number of rotatable bonds is 8. The highest BCUT2D eigenvalue weighted by Gasteiger charge is 2.53. The third kappa shape index (κ3) is 6.34. The molecule has 0 radical (unpaired) electrons. The average molecular weight is 549 g/mol. The first-order valence-corrected chi connectivity index (χ1v) is 13.0. The summed E-state index contributed by atoms with van der Waals surface area (Å²) in [6.45, 7) is 1.20. The number of carbonyl (C=O) groups excluding carboxylic acids is 1. The van der Waals surface area contributed by atoms with Gasteiger partial charge in [0.1, 0.15) is 12.4 Å². The van der Waals surface area contributed by atoms with Crippen molar-refractivity contribution in [2.45, 2.75) is 81.1 Å². The lowest BCUT2D eigenvalue weighted by Gasteiger charge is -2.44. The van der Waals surface area contributed by atoms with Crippen molar-refractivity contribution in [1.82, 2.24) is 4.90 Å². The van der Waals surface area contributed by atoms with Crippen LogP contribution in [0.15, 0.2) is 52.6 Å². The maximum absolute atomic E-state index is 13.6. The minimum absolute atomic E-state index is 0.0843. The molecule has 4 rings (SSSR count). The Hall–Kier alpha value is -3.23. The molecular formula is C28H32F4N4O3. The monoisotopic (exact) mass is 548 g/mol. The van der Waals surface area contributed by atoms with Crippen LogP contribution < -0.4 is 5.73 Å². The van der Waals surface area contributed by atoms with E-state index in [1.807, 2.05) is 0 Å². The Morgan fingerprint density at radius 1 is 1.18 bits per heavy atom. The Kier molecular flexibility index (Phi) is 8.19. The molecule has 1 unspecified atom stereocenters. The summed E-state index contributed by atoms with van der Waals surface area (Å²) in [7, 11) is 0. The van der Waals surface area contributed by atoms with E-state index in [-0.39, 0.29) is 36.2 Å². The van der Waals surface area contributed by atoms with E-state index in [9.17, 15) is 32.7 Å². The molecular weight excluding hydrogens is 516 g/mol. The van der Waals surface area contributed by atoms with Crippen molar-refractivity contribution in [3.8, 4) is 6.19 Å². The Balaban J connectivity index is 1.54. The fourth-order valence-corrected chi connectivity index (χ4v) is 5.66. The minimum atomic E-state index is -4.86. The van der Waals surface area contributed by atoms with Crippen LogP contribution in [0.3, 0.4) is 0 Å². The molecule has 0 saturated heterocycles. The quantitative estimate of drug-likeness (QED) is 0.349. The van der Waals surface area contributed by atoms with Crippen molar-refractivity contribution in [3.05, 3.63) is 58.9 Å². The first-order chi connectivity index (χ1) is 18.4. The second kappa shape index (κ2) is 11.1. The number of hydrogen-bond donors (Lipinski definition) is 2. The molecule has 1 atom stereocenters. The Morgan fingerprint density at radius 3 is 2.33 bits per heavy atom. The molecule has 0 aliphatic heterocycles. The number of aliphatic hydroxyl groups is 1. The van der Waals surface area contributed by atoms with Gasteiger partial charge in [-0.3, -0.25) is 4.90 Å². The fraction of sp³-hybridized carbons (Fsp3) is 0.536. The van der Waals surface area contributed by atoms with Crippen LogP contribution in [0.4, 0.5) is 22.4 Å². The number of alkyl halides is 3. The number of carbonyl (C=O) groups is 1. The molecule has 1 aromatic rings. The number of primary amides is 1. The molecule has 3 aliphatic carbocycles. The van der Waals surface area contributed by atoms with Gasteiger partial charge < -0.3 is 15.6 Å². The number of allylic oxidation sites excluding steroid dienone is 2. The number of nitrogens with zero attached hydrogens (tertiary/aromatic N) is 3. The van der Waals surface area contributed by atoms with Crippen LogP contribution in [0.5, 0.6) is 0 Å². The highest BCUT2D eigenvalue weighted by molar-refractivity contribution is 6.04. The predicted octanol–water partition coefficient (Wildman–Crippen LogP) is 5.06. The summed E-state index contributed by atoms with van der Waals surface area (Å²) < 4.78 is 59.1. The van der Waals surface area contributed by atoms with E-state index in [4.69, 9.17) is 10.5 Å². The number of benzene rings is 1. The molecule has 0 spiro atoms. The van der Waals surface area contributed by atoms with Gasteiger partial charge in [-0.2, -0.15) is 23.4 Å². The Morgan fingerprint density at radius 2 is 1.79 bits per heavy atom. The van der Waals surface area contributed by atoms with Gasteiger partial charge in [-0.1, -0.05) is 24.3 Å². The van der Waals surface area contributed by atoms with E-state index in [2.05, 4.69) is 9.89 Å². The molecule has 3 aliphatic rings. The third-order valence-corrected chi connectivity index (χ3v) is 8.27. The number of halogens is 4. The van der Waals surface area contributed by atoms with E-state index in [0.717, 1.165) is 31.2 Å². The molecule has 1 amide bonds. The molecule has 11 heteroatoms. The summed E-state index contributed by atoms with van der Waals surface area (Å²) in [4.78, 5) is 17.5. The number of nitrogens with two attached hydrogens (primary N) is 1. The summed E-state index contributed by atoms with van der Waals surface area (Å²) >= 11 is 0. The number of nitriles is 1. The van der Waals surface area contributed by atoms with Gasteiger partial charge in [-0.15, -0.1) is 0 Å². The molecule has 2 fully saturated rings. The van der Waals surface area contributed by atoms with Crippen LogP contribution >= 0.6 is 0 Å². The van der Waals surface area contributed by atoms with Crippen LogP contribution in [-0.2, 0) is 10.2 Å². The predicted molar refractivity (Wildman–Crippen MR) is 136 cm³/mol. The topological polar surface area (TPSA) is 112 Å². The van der Waals surface area contributed by atoms with Gasteiger partial charge in [0.15, 0.2) is 5.60 Å². The smallest absolute Gasteiger partial charge is 0.420 e. The summed E-state index contributed by atoms with van der Waals surface area (Å²) in [5.74, 6) is -0.358. The second-order valence-corrected chi connectivity index (χ2v) is 10.8. The Bertz CT molecular complexity index is 1200. The molecule has 3 N–H and O–H groups in total. The number of amides is 1. The minimum Gasteiger partial charge on any atom is -0.449 e. The van der Waals surface area contributed by atoms with Crippen molar-refractivity contribution in [3.63, 3.8) is 0 Å². The first-order valence-electron chi connectivity index (χ1n) is 13.0. The molecule has 0 aromatic heterocycles. The normalized spacial score (nSPS) is 26.4. The maximum atomic E-state index is 13.6. The van der Waals surface area contributed by atoms with Crippen LogP contribution in [-0.4, -0.2) is 58.8 Å². The third-order valence-electron chi connectivity index (χ3n) is 8.27. The van der Waals surface area contributed by atoms with Crippen molar-refractivity contribution >= 4 is 11.8 Å². The number of ether oxygens (including phenoxy) is 1. The molecule has 39 heavy (non-hydrogen) atoms. The van der Waals surface area contributed by atoms with Crippen LogP contribution in [0.1, 0.15) is 57.4 Å². The lowest BCUT2D eigenvalue weighted by Crippen LogP contribution is -2.47. The molecule has 7 nitrogen and oxygen atoms in total. The lowest BCUT2D eigenvalue weighted by molar-refractivity contribution is -0.237. The molecule has 0 bridgehead atoms. The molecule has 2 saturated carbocycles. The van der Waals surface area contributed by atoms with Crippen molar-refractivity contribution in [2.75, 3.05) is 13.2 Å². The summed E-state index contributed by atoms with van der Waals surface area (Å²) in [6.07, 6.45) is 3.30. The summed E-state index contributed by atoms with van der Waals surface area (Å²) in [6, 6.07) is 6.63. The summed E-state index contributed by atoms with van der Waals surface area (Å²) in [5.41, 5.74) is 3.19. The van der Waals surface area contributed by atoms with E-state index in [1.165, 1.54) is 24.3 Å². The maximum Gasteiger partial charge on any atom is 0.420 e. The highest BCUT2D eigenvalue weighted by Crippen LogP contribution is 2.44. The van der Waals surface area contributed by atoms with Crippen molar-refractivity contribution in [1.29, 1.82) is 5.26 Å². The van der Waals surface area contributed by atoms with Gasteiger partial charge >= 0.3 is 12.3 Å². The van der Waals surface area contributed by atoms with Crippen LogP contribution in [0, 0.1) is 17.3 Å². The van der Waals surface area contributed by atoms with E-state index >= 15 is 0 Å². The van der Waals surface area contributed by atoms with Gasteiger partial charge in [-0.05, 0) is 74.3 Å². The fourth-order valence-electron chi connectivity index (χ4n) is 5.66. The van der Waals surface area contributed by atoms with Crippen LogP contribution in [0.2, 0.25) is 0 Å². The SMILES string of the molecule is CC(O)(C1=CC=C(CN(C2CC2)C2CCC(COC(N)=O)(c3ccc(F)cc3)CC2)C(=NC#N)C1)C(F)(F)F. The first kappa shape index (κ1) is 28.8. The van der Waals surface area contributed by atoms with Crippen molar-refractivity contribution in [2.24, 2.45) is 10.7 Å². The standard InChI is InChI=1S/C28H32F4N4O3/c1-26(38,28(30,31)32)20-3-2-18(24(14-20)35-17-33)15-36(22-8-9-22)23-10-12-27(13-11-23,16-39-25(34)37)19-4-6-21(29)7-5-19/h2-7,22-23,38H,8-16H2,1H3,(H2,34,37). The van der Waals surface area contributed by atoms with Gasteiger partial charge in [0.2, 0.25) is 6.19 Å². The largest absolute Gasteiger partial charge is 0.449 e. The van der Waals surface area contributed by atoms with Gasteiger partial charge in [0.25, 0.3) is 0 Å². The van der Waals surface area contributed by atoms with E-state index < -0.39 is 23.3 Å². The van der Waals surface area contributed by atoms with Crippen molar-refractivity contribution < 1.29 is 32.2 Å². The van der Waals surface area contributed by atoms with Crippen LogP contribution in [0.25, 0.3) is 0 Å². The Labute approximate surface area is 224 Å². The zero-order chi connectivity index (χ0) is 28.4. The summed E-state index contributed by atoms with van der Waals surface area (Å²) in [5, 5.41) is 19.3. The zero-order valence-electron chi connectivity index (χ0n) is 21.7. The van der Waals surface area contributed by atoms with Gasteiger partial charge in [0.05, 0.1) is 5.71 Å². The molecule has 1 aromatic carbocycles. The van der Waals surface area contributed by atoms with Gasteiger partial charge in [0, 0.05) is 30.5 Å². The number of hydrogen-bond acceptors (Lipinski definition) is 6. The van der Waals surface area contributed by atoms with E-state index in [1.54, 1.807) is 18.3 Å². The second-order valence-electron chi connectivity index (χ2n) is 10.8. The van der Waals surface area contributed by atoms with E-state index in [0.29, 0.717) is 37.9 Å². The molecule has 0 heterocycles. The van der Waals surface area contributed by atoms with Gasteiger partial charge in [-0.25, -0.2) is 9.18 Å². The molecule has 210 valence electrons. The average Bonchev–Trinajstić information content (AvgIpc) is 3.72. The number of aliphatic imine (C=N–C) groups is 1. The zero-order valence-corrected chi connectivity index (χ0v) is 21.7. The lowest BCUT2D eigenvalue weighted by atomic mass is 9.68.